The Labute approximate surface area is 123 Å². The van der Waals surface area contributed by atoms with E-state index in [0.29, 0.717) is 17.5 Å². The van der Waals surface area contributed by atoms with E-state index >= 15 is 0 Å². The topological polar surface area (TPSA) is 59.2 Å². The highest BCUT2D eigenvalue weighted by atomic mass is 32.1. The molecule has 1 aromatic carbocycles. The van der Waals surface area contributed by atoms with E-state index in [1.165, 1.54) is 16.3 Å². The van der Waals surface area contributed by atoms with Crippen LogP contribution in [0.2, 0.25) is 0 Å². The highest BCUT2D eigenvalue weighted by Gasteiger charge is 2.13. The molecule has 0 aliphatic rings. The molecule has 0 spiro atoms. The second kappa shape index (κ2) is 6.63. The van der Waals surface area contributed by atoms with Crippen molar-refractivity contribution in [3.63, 3.8) is 0 Å². The Morgan fingerprint density at radius 3 is 2.70 bits per heavy atom. The normalized spacial score (nSPS) is 10.8. The lowest BCUT2D eigenvalue weighted by atomic mass is 10.1. The molecule has 0 saturated carbocycles. The molecular weight excluding hydrogens is 270 g/mol. The molecule has 0 bridgehead atoms. The number of nitrogens with zero attached hydrogens (tertiary/aromatic N) is 2. The van der Waals surface area contributed by atoms with Gasteiger partial charge in [0.15, 0.2) is 5.78 Å². The molecule has 1 aromatic heterocycles. The molecule has 0 aliphatic heterocycles. The summed E-state index contributed by atoms with van der Waals surface area (Å²) >= 11 is 1.45. The summed E-state index contributed by atoms with van der Waals surface area (Å²) in [4.78, 5) is 16.2. The van der Waals surface area contributed by atoms with Crippen molar-refractivity contribution in [2.24, 2.45) is 11.8 Å². The number of hydrogen-bond acceptors (Lipinski definition) is 5. The van der Waals surface area contributed by atoms with Gasteiger partial charge in [0, 0.05) is 17.4 Å². The largest absolute Gasteiger partial charge is 0.298 e. The maximum absolute atomic E-state index is 11.8. The molecule has 1 heterocycles. The Kier molecular flexibility index (Phi) is 4.87. The van der Waals surface area contributed by atoms with Gasteiger partial charge in [-0.2, -0.15) is 0 Å². The van der Waals surface area contributed by atoms with E-state index < -0.39 is 0 Å². The number of aromatic nitrogens is 1. The van der Waals surface area contributed by atoms with Gasteiger partial charge in [0.2, 0.25) is 5.13 Å². The van der Waals surface area contributed by atoms with Crippen LogP contribution in [0.5, 0.6) is 0 Å². The van der Waals surface area contributed by atoms with Crippen LogP contribution in [-0.4, -0.2) is 17.3 Å². The van der Waals surface area contributed by atoms with Crippen LogP contribution >= 0.6 is 11.3 Å². The molecule has 106 valence electrons. The number of hydrazine groups is 1. The van der Waals surface area contributed by atoms with Crippen molar-refractivity contribution in [3.05, 3.63) is 35.7 Å². The molecule has 2 N–H and O–H groups in total. The molecule has 20 heavy (non-hydrogen) atoms. The third-order valence-electron chi connectivity index (χ3n) is 2.79. The van der Waals surface area contributed by atoms with E-state index in [0.717, 1.165) is 11.3 Å². The van der Waals surface area contributed by atoms with Crippen LogP contribution in [0.4, 0.5) is 5.13 Å². The minimum atomic E-state index is 0.138. The molecule has 5 heteroatoms. The van der Waals surface area contributed by atoms with Crippen molar-refractivity contribution >= 4 is 22.3 Å². The van der Waals surface area contributed by atoms with E-state index in [4.69, 9.17) is 5.84 Å². The van der Waals surface area contributed by atoms with Crippen LogP contribution in [-0.2, 0) is 4.79 Å². The summed E-state index contributed by atoms with van der Waals surface area (Å²) in [6, 6.07) is 9.92. The first kappa shape index (κ1) is 14.7. The lowest BCUT2D eigenvalue weighted by Gasteiger charge is -2.14. The molecular formula is C15H19N3OS. The Balaban J connectivity index is 2.03. The molecule has 4 nitrogen and oxygen atoms in total. The number of rotatable bonds is 6. The third-order valence-corrected chi connectivity index (χ3v) is 3.67. The van der Waals surface area contributed by atoms with Crippen LogP contribution < -0.4 is 10.9 Å². The average molecular weight is 289 g/mol. The number of thiazole rings is 1. The van der Waals surface area contributed by atoms with E-state index in [9.17, 15) is 4.79 Å². The zero-order chi connectivity index (χ0) is 14.5. The fraction of sp³-hybridized carbons (Fsp3) is 0.333. The first-order valence-electron chi connectivity index (χ1n) is 6.61. The zero-order valence-corrected chi connectivity index (χ0v) is 12.6. The van der Waals surface area contributed by atoms with Gasteiger partial charge < -0.3 is 0 Å². The highest BCUT2D eigenvalue weighted by molar-refractivity contribution is 7.14. The maximum Gasteiger partial charge on any atom is 0.200 e. The Morgan fingerprint density at radius 1 is 1.35 bits per heavy atom. The first-order valence-corrected chi connectivity index (χ1v) is 7.49. The van der Waals surface area contributed by atoms with Crippen molar-refractivity contribution in [2.75, 3.05) is 11.6 Å². The molecule has 0 saturated heterocycles. The second-order valence-corrected chi connectivity index (χ2v) is 5.98. The number of ketones is 1. The van der Waals surface area contributed by atoms with E-state index in [-0.39, 0.29) is 12.3 Å². The van der Waals surface area contributed by atoms with Crippen molar-refractivity contribution in [3.8, 4) is 11.3 Å². The molecule has 0 atom stereocenters. The number of carbonyl (C=O) groups excluding carboxylic acids is 1. The van der Waals surface area contributed by atoms with Crippen LogP contribution in [0, 0.1) is 5.92 Å². The van der Waals surface area contributed by atoms with Crippen LogP contribution in [0.1, 0.15) is 20.3 Å². The number of hydrogen-bond donors (Lipinski definition) is 1. The molecule has 0 radical (unpaired) electrons. The predicted molar refractivity (Wildman–Crippen MR) is 83.5 cm³/mol. The predicted octanol–water partition coefficient (Wildman–Crippen LogP) is 3.11. The minimum absolute atomic E-state index is 0.138. The van der Waals surface area contributed by atoms with E-state index in [2.05, 4.69) is 4.98 Å². The van der Waals surface area contributed by atoms with Crippen LogP contribution in [0.25, 0.3) is 11.3 Å². The molecule has 0 aliphatic carbocycles. The summed E-state index contributed by atoms with van der Waals surface area (Å²) in [5.41, 5.74) is 1.94. The molecule has 2 aromatic rings. The number of anilines is 1. The number of benzene rings is 1. The fourth-order valence-corrected chi connectivity index (χ4v) is 2.67. The SMILES string of the molecule is CC(C)CC(=O)CN(N)c1nc(-c2ccccc2)cs1. The molecule has 0 amide bonds. The van der Waals surface area contributed by atoms with Crippen molar-refractivity contribution in [1.29, 1.82) is 0 Å². The number of Topliss-reactive ketones (excluding diaryl/α,β-unsaturated/α-hetero) is 1. The van der Waals surface area contributed by atoms with Gasteiger partial charge in [-0.05, 0) is 5.92 Å². The van der Waals surface area contributed by atoms with Gasteiger partial charge in [0.25, 0.3) is 0 Å². The highest BCUT2D eigenvalue weighted by Crippen LogP contribution is 2.26. The van der Waals surface area contributed by atoms with Crippen LogP contribution in [0.3, 0.4) is 0 Å². The van der Waals surface area contributed by atoms with Gasteiger partial charge in [-0.25, -0.2) is 10.8 Å². The molecule has 0 unspecified atom stereocenters. The first-order chi connectivity index (χ1) is 9.56. The van der Waals surface area contributed by atoms with Gasteiger partial charge in [0.1, 0.15) is 0 Å². The van der Waals surface area contributed by atoms with Crippen molar-refractivity contribution < 1.29 is 4.79 Å². The van der Waals surface area contributed by atoms with Crippen molar-refractivity contribution in [2.45, 2.75) is 20.3 Å². The summed E-state index contributed by atoms with van der Waals surface area (Å²) in [7, 11) is 0. The van der Waals surface area contributed by atoms with Gasteiger partial charge in [-0.15, -0.1) is 11.3 Å². The summed E-state index contributed by atoms with van der Waals surface area (Å²) in [5, 5.41) is 4.06. The minimum Gasteiger partial charge on any atom is -0.298 e. The average Bonchev–Trinajstić information content (AvgIpc) is 2.88. The number of carbonyl (C=O) groups is 1. The summed E-state index contributed by atoms with van der Waals surface area (Å²) in [6.45, 7) is 4.26. The van der Waals surface area contributed by atoms with Gasteiger partial charge in [-0.3, -0.25) is 9.80 Å². The standard InChI is InChI=1S/C15H19N3OS/c1-11(2)8-13(19)9-18(16)15-17-14(10-20-15)12-6-4-3-5-7-12/h3-7,10-11H,8-9,16H2,1-2H3. The van der Waals surface area contributed by atoms with E-state index in [1.807, 2.05) is 49.6 Å². The Hall–Kier alpha value is -1.72. The smallest absolute Gasteiger partial charge is 0.200 e. The van der Waals surface area contributed by atoms with Crippen LogP contribution in [0.15, 0.2) is 35.7 Å². The van der Waals surface area contributed by atoms with Gasteiger partial charge >= 0.3 is 0 Å². The summed E-state index contributed by atoms with van der Waals surface area (Å²) in [6.07, 6.45) is 0.546. The molecule has 2 rings (SSSR count). The second-order valence-electron chi connectivity index (χ2n) is 5.15. The lowest BCUT2D eigenvalue weighted by Crippen LogP contribution is -2.36. The van der Waals surface area contributed by atoms with Gasteiger partial charge in [0.05, 0.1) is 12.2 Å². The third kappa shape index (κ3) is 3.88. The molecule has 0 fully saturated rings. The quantitative estimate of drug-likeness (QED) is 0.655. The summed E-state index contributed by atoms with van der Waals surface area (Å²) < 4.78 is 0. The number of nitrogens with two attached hydrogens (primary N) is 1. The maximum atomic E-state index is 11.8. The van der Waals surface area contributed by atoms with E-state index in [1.54, 1.807) is 0 Å². The van der Waals surface area contributed by atoms with Gasteiger partial charge in [-0.1, -0.05) is 44.2 Å². The zero-order valence-electron chi connectivity index (χ0n) is 11.7. The Morgan fingerprint density at radius 2 is 2.05 bits per heavy atom. The monoisotopic (exact) mass is 289 g/mol. The lowest BCUT2D eigenvalue weighted by molar-refractivity contribution is -0.118. The Bertz CT molecular complexity index is 566. The summed E-state index contributed by atoms with van der Waals surface area (Å²) in [5.74, 6) is 6.42. The fourth-order valence-electron chi connectivity index (χ4n) is 1.92. The van der Waals surface area contributed by atoms with Crippen molar-refractivity contribution in [1.82, 2.24) is 4.98 Å².